The molecule has 0 aliphatic heterocycles. The third-order valence-electron chi connectivity index (χ3n) is 1.08. The third-order valence-corrected chi connectivity index (χ3v) is 2.34. The highest BCUT2D eigenvalue weighted by Gasteiger charge is 2.02. The molecule has 0 fully saturated rings. The van der Waals surface area contributed by atoms with E-state index in [-0.39, 0.29) is 5.91 Å². The van der Waals surface area contributed by atoms with E-state index in [0.29, 0.717) is 17.5 Å². The van der Waals surface area contributed by atoms with Gasteiger partial charge in [-0.25, -0.2) is 0 Å². The van der Waals surface area contributed by atoms with E-state index in [0.717, 1.165) is 6.42 Å². The van der Waals surface area contributed by atoms with Gasteiger partial charge in [-0.1, -0.05) is 6.92 Å². The number of hydrogen-bond acceptors (Lipinski definition) is 3. The Morgan fingerprint density at radius 3 is 2.70 bits per heavy atom. The second kappa shape index (κ2) is 5.56. The van der Waals surface area contributed by atoms with Gasteiger partial charge in [0.1, 0.15) is 0 Å². The van der Waals surface area contributed by atoms with Gasteiger partial charge >= 0.3 is 0 Å². The first-order valence-electron chi connectivity index (χ1n) is 3.26. The summed E-state index contributed by atoms with van der Waals surface area (Å²) in [5, 5.41) is 0.442. The lowest BCUT2D eigenvalue weighted by Gasteiger charge is -2.06. The number of nitrogens with two attached hydrogens (primary N) is 2. The SMILES string of the molecule is CC(CCN)SCC(N)=O. The van der Waals surface area contributed by atoms with Crippen molar-refractivity contribution in [1.29, 1.82) is 0 Å². The fourth-order valence-electron chi connectivity index (χ4n) is 0.542. The zero-order chi connectivity index (χ0) is 7.98. The van der Waals surface area contributed by atoms with Crippen LogP contribution in [0.3, 0.4) is 0 Å². The van der Waals surface area contributed by atoms with E-state index in [9.17, 15) is 4.79 Å². The van der Waals surface area contributed by atoms with Crippen LogP contribution in [0.2, 0.25) is 0 Å². The van der Waals surface area contributed by atoms with Crippen molar-refractivity contribution in [1.82, 2.24) is 0 Å². The molecule has 0 aliphatic carbocycles. The fraction of sp³-hybridized carbons (Fsp3) is 0.833. The summed E-state index contributed by atoms with van der Waals surface area (Å²) in [4.78, 5) is 10.3. The molecule has 0 saturated carbocycles. The normalized spacial score (nSPS) is 13.0. The van der Waals surface area contributed by atoms with Crippen molar-refractivity contribution >= 4 is 17.7 Å². The minimum Gasteiger partial charge on any atom is -0.369 e. The number of carbonyl (C=O) groups excluding carboxylic acids is 1. The summed E-state index contributed by atoms with van der Waals surface area (Å²) in [5.41, 5.74) is 10.3. The summed E-state index contributed by atoms with van der Waals surface area (Å²) in [6, 6.07) is 0. The van der Waals surface area contributed by atoms with E-state index in [1.54, 1.807) is 11.8 Å². The van der Waals surface area contributed by atoms with Gasteiger partial charge in [-0.2, -0.15) is 0 Å². The number of hydrogen-bond donors (Lipinski definition) is 2. The monoisotopic (exact) mass is 162 g/mol. The predicted octanol–water partition coefficient (Wildman–Crippen LogP) is -0.0578. The molecular weight excluding hydrogens is 148 g/mol. The van der Waals surface area contributed by atoms with Crippen molar-refractivity contribution in [3.8, 4) is 0 Å². The Morgan fingerprint density at radius 2 is 2.30 bits per heavy atom. The van der Waals surface area contributed by atoms with Crippen LogP contribution in [-0.4, -0.2) is 23.5 Å². The number of rotatable bonds is 5. The van der Waals surface area contributed by atoms with E-state index in [1.807, 2.05) is 6.92 Å². The molecule has 1 amide bonds. The van der Waals surface area contributed by atoms with Gasteiger partial charge in [0.05, 0.1) is 5.75 Å². The van der Waals surface area contributed by atoms with Crippen LogP contribution in [-0.2, 0) is 4.79 Å². The van der Waals surface area contributed by atoms with Crippen molar-refractivity contribution in [2.24, 2.45) is 11.5 Å². The number of amides is 1. The zero-order valence-corrected chi connectivity index (χ0v) is 6.99. The van der Waals surface area contributed by atoms with Crippen molar-refractivity contribution < 1.29 is 4.79 Å². The molecule has 0 aromatic rings. The van der Waals surface area contributed by atoms with Crippen LogP contribution in [0.4, 0.5) is 0 Å². The van der Waals surface area contributed by atoms with Crippen molar-refractivity contribution in [3.05, 3.63) is 0 Å². The molecule has 3 nitrogen and oxygen atoms in total. The van der Waals surface area contributed by atoms with Crippen molar-refractivity contribution in [2.75, 3.05) is 12.3 Å². The fourth-order valence-corrected chi connectivity index (χ4v) is 1.29. The third kappa shape index (κ3) is 5.91. The Kier molecular flexibility index (Phi) is 5.43. The highest BCUT2D eigenvalue weighted by atomic mass is 32.2. The lowest BCUT2D eigenvalue weighted by Crippen LogP contribution is -2.16. The standard InChI is InChI=1S/C6H14N2OS/c1-5(2-3-7)10-4-6(8)9/h5H,2-4,7H2,1H3,(H2,8,9). The lowest BCUT2D eigenvalue weighted by molar-refractivity contribution is -0.115. The second-order valence-corrected chi connectivity index (χ2v) is 3.59. The van der Waals surface area contributed by atoms with E-state index in [4.69, 9.17) is 11.5 Å². The Balaban J connectivity index is 3.21. The lowest BCUT2D eigenvalue weighted by atomic mass is 10.3. The largest absolute Gasteiger partial charge is 0.369 e. The number of thioether (sulfide) groups is 1. The Labute approximate surface area is 65.5 Å². The van der Waals surface area contributed by atoms with Crippen LogP contribution in [0.25, 0.3) is 0 Å². The maximum atomic E-state index is 10.3. The summed E-state index contributed by atoms with van der Waals surface area (Å²) in [5.74, 6) is 0.148. The van der Waals surface area contributed by atoms with E-state index >= 15 is 0 Å². The summed E-state index contributed by atoms with van der Waals surface area (Å²) >= 11 is 1.55. The Bertz CT molecular complexity index is 108. The summed E-state index contributed by atoms with van der Waals surface area (Å²) in [6.45, 7) is 2.72. The molecule has 0 aliphatic rings. The van der Waals surface area contributed by atoms with Gasteiger partial charge in [0.2, 0.25) is 5.91 Å². The molecule has 0 rings (SSSR count). The number of carbonyl (C=O) groups is 1. The van der Waals surface area contributed by atoms with Gasteiger partial charge in [0.15, 0.2) is 0 Å². The smallest absolute Gasteiger partial charge is 0.227 e. The highest BCUT2D eigenvalue weighted by molar-refractivity contribution is 8.00. The molecule has 0 heterocycles. The average molecular weight is 162 g/mol. The summed E-state index contributed by atoms with van der Waals surface area (Å²) in [7, 11) is 0. The van der Waals surface area contributed by atoms with Crippen molar-refractivity contribution in [3.63, 3.8) is 0 Å². The molecule has 4 N–H and O–H groups in total. The maximum Gasteiger partial charge on any atom is 0.227 e. The topological polar surface area (TPSA) is 69.1 Å². The molecule has 1 unspecified atom stereocenters. The van der Waals surface area contributed by atoms with Crippen LogP contribution < -0.4 is 11.5 Å². The maximum absolute atomic E-state index is 10.3. The summed E-state index contributed by atoms with van der Waals surface area (Å²) in [6.07, 6.45) is 0.942. The molecule has 0 aromatic carbocycles. The second-order valence-electron chi connectivity index (χ2n) is 2.17. The first kappa shape index (κ1) is 9.78. The first-order valence-corrected chi connectivity index (χ1v) is 4.31. The average Bonchev–Trinajstić information content (AvgIpc) is 1.85. The van der Waals surface area contributed by atoms with Gasteiger partial charge in [-0.15, -0.1) is 11.8 Å². The van der Waals surface area contributed by atoms with Gasteiger partial charge in [0.25, 0.3) is 0 Å². The molecular formula is C6H14N2OS. The van der Waals surface area contributed by atoms with Gasteiger partial charge in [-0.05, 0) is 13.0 Å². The molecule has 60 valence electrons. The van der Waals surface area contributed by atoms with Gasteiger partial charge in [-0.3, -0.25) is 4.79 Å². The van der Waals surface area contributed by atoms with Crippen molar-refractivity contribution in [2.45, 2.75) is 18.6 Å². The van der Waals surface area contributed by atoms with Crippen LogP contribution >= 0.6 is 11.8 Å². The molecule has 0 spiro atoms. The minimum absolute atomic E-state index is 0.256. The quantitative estimate of drug-likeness (QED) is 0.595. The molecule has 4 heteroatoms. The van der Waals surface area contributed by atoms with E-state index < -0.39 is 0 Å². The van der Waals surface area contributed by atoms with E-state index in [2.05, 4.69) is 0 Å². The minimum atomic E-state index is -0.256. The molecule has 0 saturated heterocycles. The predicted molar refractivity (Wildman–Crippen MR) is 44.8 cm³/mol. The molecule has 1 atom stereocenters. The van der Waals surface area contributed by atoms with Crippen LogP contribution in [0.1, 0.15) is 13.3 Å². The summed E-state index contributed by atoms with van der Waals surface area (Å²) < 4.78 is 0. The molecule has 0 aromatic heterocycles. The molecule has 0 bridgehead atoms. The van der Waals surface area contributed by atoms with Crippen LogP contribution in [0.15, 0.2) is 0 Å². The number of primary amides is 1. The Hall–Kier alpha value is -0.220. The highest BCUT2D eigenvalue weighted by Crippen LogP contribution is 2.11. The van der Waals surface area contributed by atoms with Gasteiger partial charge in [0, 0.05) is 5.25 Å². The Morgan fingerprint density at radius 1 is 1.70 bits per heavy atom. The molecule has 0 radical (unpaired) electrons. The van der Waals surface area contributed by atoms with E-state index in [1.165, 1.54) is 0 Å². The van der Waals surface area contributed by atoms with Gasteiger partial charge < -0.3 is 11.5 Å². The zero-order valence-electron chi connectivity index (χ0n) is 6.17. The van der Waals surface area contributed by atoms with Crippen LogP contribution in [0, 0.1) is 0 Å². The first-order chi connectivity index (χ1) is 4.66. The van der Waals surface area contributed by atoms with Crippen LogP contribution in [0.5, 0.6) is 0 Å². The molecule has 10 heavy (non-hydrogen) atoms.